The van der Waals surface area contributed by atoms with E-state index in [0.29, 0.717) is 17.5 Å². The van der Waals surface area contributed by atoms with E-state index < -0.39 is 0 Å². The number of rotatable bonds is 8. The molecule has 4 heteroatoms. The third kappa shape index (κ3) is 7.13. The molecule has 0 atom stereocenters. The van der Waals surface area contributed by atoms with E-state index in [4.69, 9.17) is 19.4 Å². The van der Waals surface area contributed by atoms with Crippen molar-refractivity contribution in [2.75, 3.05) is 0 Å². The van der Waals surface area contributed by atoms with Crippen molar-refractivity contribution in [1.82, 2.24) is 15.0 Å². The highest BCUT2D eigenvalue weighted by atomic mass is 16.3. The second kappa shape index (κ2) is 16.2. The smallest absolute Gasteiger partial charge is 0.164 e. The van der Waals surface area contributed by atoms with Crippen molar-refractivity contribution in [3.05, 3.63) is 237 Å². The van der Waals surface area contributed by atoms with Gasteiger partial charge in [0.1, 0.15) is 11.2 Å². The number of aromatic nitrogens is 3. The van der Waals surface area contributed by atoms with Gasteiger partial charge in [-0.2, -0.15) is 0 Å². The molecule has 2 heterocycles. The molecule has 0 saturated carbocycles. The lowest BCUT2D eigenvalue weighted by atomic mass is 9.92. The predicted molar refractivity (Wildman–Crippen MR) is 268 cm³/mol. The molecule has 12 aromatic rings. The monoisotopic (exact) mass is 829 g/mol. The number of fused-ring (bicyclic) bond motifs is 4. The number of furan rings is 1. The summed E-state index contributed by atoms with van der Waals surface area (Å²) >= 11 is 0. The molecule has 0 unspecified atom stereocenters. The molecule has 0 bridgehead atoms. The number of para-hydroxylation sites is 1. The maximum Gasteiger partial charge on any atom is 0.164 e. The molecule has 4 nitrogen and oxygen atoms in total. The molecule has 304 valence electrons. The lowest BCUT2D eigenvalue weighted by molar-refractivity contribution is 0.670. The Hall–Kier alpha value is -8.73. The Bertz CT molecular complexity index is 3620. The first-order valence-electron chi connectivity index (χ1n) is 21.9. The van der Waals surface area contributed by atoms with Gasteiger partial charge in [0.2, 0.25) is 0 Å². The van der Waals surface area contributed by atoms with E-state index in [2.05, 4.69) is 206 Å². The van der Waals surface area contributed by atoms with E-state index in [1.54, 1.807) is 0 Å². The molecule has 0 fully saturated rings. The Morgan fingerprint density at radius 2 is 0.738 bits per heavy atom. The van der Waals surface area contributed by atoms with Gasteiger partial charge >= 0.3 is 0 Å². The van der Waals surface area contributed by atoms with Crippen LogP contribution in [0.1, 0.15) is 0 Å². The molecule has 0 aliphatic rings. The van der Waals surface area contributed by atoms with Crippen LogP contribution in [0.4, 0.5) is 0 Å². The molecular formula is C61H39N3O. The lowest BCUT2D eigenvalue weighted by Crippen LogP contribution is -2.01. The molecule has 0 amide bonds. The van der Waals surface area contributed by atoms with Crippen LogP contribution in [0, 0.1) is 0 Å². The summed E-state index contributed by atoms with van der Waals surface area (Å²) in [4.78, 5) is 15.9. The van der Waals surface area contributed by atoms with Crippen LogP contribution < -0.4 is 0 Å². The summed E-state index contributed by atoms with van der Waals surface area (Å²) in [5.41, 5.74) is 15.4. The van der Waals surface area contributed by atoms with Crippen LogP contribution in [0.5, 0.6) is 0 Å². The lowest BCUT2D eigenvalue weighted by Gasteiger charge is -2.13. The zero-order valence-electron chi connectivity index (χ0n) is 35.3. The van der Waals surface area contributed by atoms with Crippen LogP contribution in [-0.4, -0.2) is 15.0 Å². The number of hydrogen-bond acceptors (Lipinski definition) is 4. The van der Waals surface area contributed by atoms with Crippen molar-refractivity contribution in [2.45, 2.75) is 0 Å². The molecule has 65 heavy (non-hydrogen) atoms. The minimum absolute atomic E-state index is 0.569. The van der Waals surface area contributed by atoms with Crippen LogP contribution in [0.15, 0.2) is 241 Å². The van der Waals surface area contributed by atoms with Crippen molar-refractivity contribution in [3.8, 4) is 89.8 Å². The molecule has 10 aromatic carbocycles. The second-order valence-electron chi connectivity index (χ2n) is 16.4. The fraction of sp³-hybridized carbons (Fsp3) is 0. The topological polar surface area (TPSA) is 51.8 Å². The largest absolute Gasteiger partial charge is 0.455 e. The van der Waals surface area contributed by atoms with E-state index in [-0.39, 0.29) is 0 Å². The Morgan fingerprint density at radius 1 is 0.262 bits per heavy atom. The summed E-state index contributed by atoms with van der Waals surface area (Å²) in [5, 5.41) is 4.34. The number of benzene rings is 10. The van der Waals surface area contributed by atoms with Crippen LogP contribution in [-0.2, 0) is 0 Å². The van der Waals surface area contributed by atoms with Crippen molar-refractivity contribution in [3.63, 3.8) is 0 Å². The zero-order chi connectivity index (χ0) is 43.1. The van der Waals surface area contributed by atoms with E-state index in [1.807, 2.05) is 30.3 Å². The number of nitrogens with zero attached hydrogens (tertiary/aromatic N) is 3. The standard InChI is InChI=1S/C61H39N3O/c1-5-17-40(18-6-1)43-31-33-45(34-32-43)59-62-60(50-37-47(41-19-7-2-8-20-41)36-48(38-50)42-21-9-3-10-22-42)64-61(63-59)54-29-16-30-56-57(54)53-28-15-27-52(58(53)65-56)49-35-46-25-13-14-26-51(46)55(39-49)44-23-11-4-12-24-44/h1-39H. The third-order valence-corrected chi connectivity index (χ3v) is 12.3. The van der Waals surface area contributed by atoms with Crippen molar-refractivity contribution in [1.29, 1.82) is 0 Å². The van der Waals surface area contributed by atoms with Crippen LogP contribution in [0.2, 0.25) is 0 Å². The van der Waals surface area contributed by atoms with Crippen LogP contribution >= 0.6 is 0 Å². The molecule has 0 spiro atoms. The van der Waals surface area contributed by atoms with Gasteiger partial charge in [-0.1, -0.05) is 200 Å². The first-order chi connectivity index (χ1) is 32.2. The highest BCUT2D eigenvalue weighted by molar-refractivity contribution is 6.15. The Morgan fingerprint density at radius 3 is 1.40 bits per heavy atom. The molecule has 0 N–H and O–H groups in total. The van der Waals surface area contributed by atoms with Gasteiger partial charge < -0.3 is 4.42 Å². The first-order valence-corrected chi connectivity index (χ1v) is 21.9. The van der Waals surface area contributed by atoms with Crippen molar-refractivity contribution in [2.24, 2.45) is 0 Å². The van der Waals surface area contributed by atoms with Crippen molar-refractivity contribution >= 4 is 32.7 Å². The molecule has 2 aromatic heterocycles. The summed E-state index contributed by atoms with van der Waals surface area (Å²) in [6.07, 6.45) is 0. The SMILES string of the molecule is c1ccc(-c2ccc(-c3nc(-c4cc(-c5ccccc5)cc(-c5ccccc5)c4)nc(-c4cccc5oc6c(-c7cc(-c8ccccc8)c8ccccc8c7)cccc6c45)n3)cc2)cc1. The minimum Gasteiger partial charge on any atom is -0.455 e. The highest BCUT2D eigenvalue weighted by Gasteiger charge is 2.21. The van der Waals surface area contributed by atoms with Gasteiger partial charge in [-0.15, -0.1) is 0 Å². The summed E-state index contributed by atoms with van der Waals surface area (Å²) in [6.45, 7) is 0. The normalized spacial score (nSPS) is 11.4. The van der Waals surface area contributed by atoms with Gasteiger partial charge in [0.25, 0.3) is 0 Å². The molecule has 12 rings (SSSR count). The van der Waals surface area contributed by atoms with Gasteiger partial charge in [-0.25, -0.2) is 15.0 Å². The fourth-order valence-electron chi connectivity index (χ4n) is 9.13. The van der Waals surface area contributed by atoms with Crippen LogP contribution in [0.3, 0.4) is 0 Å². The van der Waals surface area contributed by atoms with E-state index in [9.17, 15) is 0 Å². The van der Waals surface area contributed by atoms with Gasteiger partial charge in [-0.3, -0.25) is 0 Å². The summed E-state index contributed by atoms with van der Waals surface area (Å²) < 4.78 is 6.90. The van der Waals surface area contributed by atoms with E-state index >= 15 is 0 Å². The number of hydrogen-bond donors (Lipinski definition) is 0. The predicted octanol–water partition coefficient (Wildman–Crippen LogP) is 16.3. The molecule has 0 aliphatic heterocycles. The summed E-state index contributed by atoms with van der Waals surface area (Å²) in [6, 6.07) is 82.9. The molecule has 0 radical (unpaired) electrons. The van der Waals surface area contributed by atoms with Crippen molar-refractivity contribution < 1.29 is 4.42 Å². The highest BCUT2D eigenvalue weighted by Crippen LogP contribution is 2.43. The average molecular weight is 830 g/mol. The maximum atomic E-state index is 6.90. The third-order valence-electron chi connectivity index (χ3n) is 12.3. The second-order valence-corrected chi connectivity index (χ2v) is 16.4. The quantitative estimate of drug-likeness (QED) is 0.153. The molecule has 0 aliphatic carbocycles. The Labute approximate surface area is 376 Å². The first kappa shape index (κ1) is 38.0. The van der Waals surface area contributed by atoms with Gasteiger partial charge in [0.05, 0.1) is 0 Å². The Kier molecular flexibility index (Phi) is 9.46. The zero-order valence-corrected chi connectivity index (χ0v) is 35.3. The van der Waals surface area contributed by atoms with Gasteiger partial charge in [-0.05, 0) is 97.2 Å². The molecule has 0 saturated heterocycles. The Balaban J connectivity index is 1.06. The minimum atomic E-state index is 0.569. The fourth-order valence-corrected chi connectivity index (χ4v) is 9.13. The summed E-state index contributed by atoms with van der Waals surface area (Å²) in [5.74, 6) is 1.74. The summed E-state index contributed by atoms with van der Waals surface area (Å²) in [7, 11) is 0. The van der Waals surface area contributed by atoms with Gasteiger partial charge in [0, 0.05) is 33.0 Å². The maximum absolute atomic E-state index is 6.90. The average Bonchev–Trinajstić information content (AvgIpc) is 3.79. The van der Waals surface area contributed by atoms with E-state index in [1.165, 1.54) is 21.9 Å². The molecular weight excluding hydrogens is 791 g/mol. The van der Waals surface area contributed by atoms with Gasteiger partial charge in [0.15, 0.2) is 17.5 Å². The van der Waals surface area contributed by atoms with Crippen LogP contribution in [0.25, 0.3) is 123 Å². The van der Waals surface area contributed by atoms with E-state index in [0.717, 1.165) is 83.1 Å².